The summed E-state index contributed by atoms with van der Waals surface area (Å²) in [5.41, 5.74) is 7.10. The first-order valence-corrected chi connectivity index (χ1v) is 7.99. The normalized spacial score (nSPS) is 20.1. The number of hydrogen-bond donors (Lipinski definition) is 1. The van der Waals surface area contributed by atoms with Gasteiger partial charge in [0.1, 0.15) is 0 Å². The Morgan fingerprint density at radius 1 is 1.25 bits per heavy atom. The van der Waals surface area contributed by atoms with Crippen LogP contribution in [-0.4, -0.2) is 48.4 Å². The highest BCUT2D eigenvalue weighted by Gasteiger charge is 2.28. The second-order valence-corrected chi connectivity index (χ2v) is 6.68. The summed E-state index contributed by atoms with van der Waals surface area (Å²) in [5.74, 6) is 0.973. The van der Waals surface area contributed by atoms with Crippen LogP contribution in [0, 0.1) is 5.92 Å². The predicted octanol–water partition coefficient (Wildman–Crippen LogP) is 2.20. The molecule has 0 unspecified atom stereocenters. The van der Waals surface area contributed by atoms with Crippen molar-refractivity contribution >= 4 is 27.5 Å². The number of carbonyl (C=O) groups excluding carboxylic acids is 1. The Kier molecular flexibility index (Phi) is 3.98. The fourth-order valence-electron chi connectivity index (χ4n) is 2.70. The molecule has 2 fully saturated rings. The Bertz CT molecular complexity index is 508. The number of benzene rings is 1. The van der Waals surface area contributed by atoms with Gasteiger partial charge in [0, 0.05) is 42.9 Å². The molecule has 0 atom stereocenters. The van der Waals surface area contributed by atoms with Crippen LogP contribution in [0.3, 0.4) is 0 Å². The van der Waals surface area contributed by atoms with Gasteiger partial charge in [-0.15, -0.1) is 0 Å². The zero-order chi connectivity index (χ0) is 14.1. The third-order valence-corrected chi connectivity index (χ3v) is 4.61. The van der Waals surface area contributed by atoms with E-state index in [9.17, 15) is 4.79 Å². The Morgan fingerprint density at radius 2 is 1.95 bits per heavy atom. The molecule has 3 rings (SSSR count). The minimum absolute atomic E-state index is 0.0565. The number of halogens is 1. The topological polar surface area (TPSA) is 49.6 Å². The molecule has 5 heteroatoms. The van der Waals surface area contributed by atoms with Gasteiger partial charge in [-0.05, 0) is 37.0 Å². The van der Waals surface area contributed by atoms with E-state index in [2.05, 4.69) is 20.8 Å². The molecule has 1 saturated heterocycles. The number of carbonyl (C=O) groups is 1. The van der Waals surface area contributed by atoms with E-state index in [0.29, 0.717) is 11.3 Å². The Morgan fingerprint density at radius 3 is 2.55 bits per heavy atom. The molecule has 4 nitrogen and oxygen atoms in total. The van der Waals surface area contributed by atoms with E-state index in [-0.39, 0.29) is 5.91 Å². The van der Waals surface area contributed by atoms with E-state index < -0.39 is 0 Å². The zero-order valence-corrected chi connectivity index (χ0v) is 13.1. The Hall–Kier alpha value is -1.07. The van der Waals surface area contributed by atoms with Gasteiger partial charge in [-0.2, -0.15) is 0 Å². The van der Waals surface area contributed by atoms with Crippen molar-refractivity contribution in [3.05, 3.63) is 28.2 Å². The lowest BCUT2D eigenvalue weighted by molar-refractivity contribution is 0.0633. The van der Waals surface area contributed by atoms with E-state index in [1.165, 1.54) is 19.4 Å². The van der Waals surface area contributed by atoms with Crippen molar-refractivity contribution in [1.82, 2.24) is 9.80 Å². The molecule has 0 spiro atoms. The van der Waals surface area contributed by atoms with Crippen LogP contribution in [0.15, 0.2) is 22.7 Å². The number of piperazine rings is 1. The molecule has 1 heterocycles. The number of nitrogens with two attached hydrogens (primary N) is 1. The summed E-state index contributed by atoms with van der Waals surface area (Å²) in [6.07, 6.45) is 2.77. The van der Waals surface area contributed by atoms with Crippen molar-refractivity contribution in [3.63, 3.8) is 0 Å². The van der Waals surface area contributed by atoms with Crippen LogP contribution in [0.5, 0.6) is 0 Å². The van der Waals surface area contributed by atoms with Crippen LogP contribution >= 0.6 is 15.9 Å². The van der Waals surface area contributed by atoms with E-state index in [0.717, 1.165) is 36.6 Å². The predicted molar refractivity (Wildman–Crippen MR) is 83.6 cm³/mol. The van der Waals surface area contributed by atoms with Crippen molar-refractivity contribution < 1.29 is 4.79 Å². The molecule has 1 aromatic rings. The van der Waals surface area contributed by atoms with Crippen molar-refractivity contribution in [3.8, 4) is 0 Å². The maximum Gasteiger partial charge on any atom is 0.256 e. The second-order valence-electron chi connectivity index (χ2n) is 5.77. The van der Waals surface area contributed by atoms with Gasteiger partial charge < -0.3 is 10.6 Å². The molecular weight excluding hydrogens is 318 g/mol. The molecule has 0 radical (unpaired) electrons. The van der Waals surface area contributed by atoms with Crippen LogP contribution < -0.4 is 5.73 Å². The Balaban J connectivity index is 1.60. The summed E-state index contributed by atoms with van der Waals surface area (Å²) < 4.78 is 0.904. The first-order chi connectivity index (χ1) is 9.63. The van der Waals surface area contributed by atoms with Gasteiger partial charge in [0.05, 0.1) is 5.56 Å². The largest absolute Gasteiger partial charge is 0.398 e. The fraction of sp³-hybridized carbons (Fsp3) is 0.533. The molecular formula is C15H20BrN3O. The fourth-order valence-corrected chi connectivity index (χ4v) is 3.08. The van der Waals surface area contributed by atoms with Crippen molar-refractivity contribution in [1.29, 1.82) is 0 Å². The number of rotatable bonds is 3. The van der Waals surface area contributed by atoms with Gasteiger partial charge in [-0.3, -0.25) is 9.69 Å². The van der Waals surface area contributed by atoms with Gasteiger partial charge in [-0.25, -0.2) is 0 Å². The molecule has 1 aliphatic carbocycles. The number of nitrogen functional groups attached to an aromatic ring is 1. The van der Waals surface area contributed by atoms with Crippen LogP contribution in [0.1, 0.15) is 23.2 Å². The lowest BCUT2D eigenvalue weighted by Crippen LogP contribution is -2.49. The molecule has 0 aromatic heterocycles. The molecule has 108 valence electrons. The third-order valence-electron chi connectivity index (χ3n) is 4.12. The summed E-state index contributed by atoms with van der Waals surface area (Å²) in [6.45, 7) is 4.79. The smallest absolute Gasteiger partial charge is 0.256 e. The van der Waals surface area contributed by atoms with Crippen LogP contribution in [-0.2, 0) is 0 Å². The second kappa shape index (κ2) is 5.74. The summed E-state index contributed by atoms with van der Waals surface area (Å²) in [6, 6.07) is 5.46. The summed E-state index contributed by atoms with van der Waals surface area (Å²) in [7, 11) is 0. The van der Waals surface area contributed by atoms with Gasteiger partial charge in [0.15, 0.2) is 0 Å². The highest BCUT2D eigenvalue weighted by molar-refractivity contribution is 9.10. The molecule has 2 N–H and O–H groups in total. The number of anilines is 1. The molecule has 20 heavy (non-hydrogen) atoms. The number of amides is 1. The van der Waals surface area contributed by atoms with Gasteiger partial charge in [0.2, 0.25) is 0 Å². The SMILES string of the molecule is Nc1cc(Br)ccc1C(=O)N1CCN(CC2CC2)CC1. The van der Waals surface area contributed by atoms with E-state index in [1.807, 2.05) is 11.0 Å². The lowest BCUT2D eigenvalue weighted by Gasteiger charge is -2.35. The van der Waals surface area contributed by atoms with E-state index in [4.69, 9.17) is 5.73 Å². The van der Waals surface area contributed by atoms with Crippen LogP contribution in [0.4, 0.5) is 5.69 Å². The summed E-state index contributed by atoms with van der Waals surface area (Å²) >= 11 is 3.37. The minimum atomic E-state index is 0.0565. The molecule has 0 bridgehead atoms. The third kappa shape index (κ3) is 3.15. The number of hydrogen-bond acceptors (Lipinski definition) is 3. The van der Waals surface area contributed by atoms with Gasteiger partial charge >= 0.3 is 0 Å². The molecule has 1 saturated carbocycles. The Labute approximate surface area is 128 Å². The highest BCUT2D eigenvalue weighted by Crippen LogP contribution is 2.30. The van der Waals surface area contributed by atoms with Gasteiger partial charge in [0.25, 0.3) is 5.91 Å². The quantitative estimate of drug-likeness (QED) is 0.860. The maximum absolute atomic E-state index is 12.5. The number of nitrogens with zero attached hydrogens (tertiary/aromatic N) is 2. The van der Waals surface area contributed by atoms with Crippen molar-refractivity contribution in [2.45, 2.75) is 12.8 Å². The first-order valence-electron chi connectivity index (χ1n) is 7.20. The van der Waals surface area contributed by atoms with Gasteiger partial charge in [-0.1, -0.05) is 15.9 Å². The van der Waals surface area contributed by atoms with Crippen LogP contribution in [0.2, 0.25) is 0 Å². The lowest BCUT2D eigenvalue weighted by atomic mass is 10.1. The van der Waals surface area contributed by atoms with Crippen molar-refractivity contribution in [2.75, 3.05) is 38.5 Å². The molecule has 1 aliphatic heterocycles. The monoisotopic (exact) mass is 337 g/mol. The summed E-state index contributed by atoms with van der Waals surface area (Å²) in [5, 5.41) is 0. The average molecular weight is 338 g/mol. The molecule has 1 aromatic carbocycles. The first kappa shape index (κ1) is 13.9. The zero-order valence-electron chi connectivity index (χ0n) is 11.5. The van der Waals surface area contributed by atoms with E-state index >= 15 is 0 Å². The standard InChI is InChI=1S/C15H20BrN3O/c16-12-3-4-13(14(17)9-12)15(20)19-7-5-18(6-8-19)10-11-1-2-11/h3-4,9,11H,1-2,5-8,10,17H2. The minimum Gasteiger partial charge on any atom is -0.398 e. The summed E-state index contributed by atoms with van der Waals surface area (Å²) in [4.78, 5) is 16.9. The van der Waals surface area contributed by atoms with Crippen LogP contribution in [0.25, 0.3) is 0 Å². The highest BCUT2D eigenvalue weighted by atomic mass is 79.9. The molecule has 1 amide bonds. The maximum atomic E-state index is 12.5. The molecule has 2 aliphatic rings. The van der Waals surface area contributed by atoms with E-state index in [1.54, 1.807) is 12.1 Å². The van der Waals surface area contributed by atoms with Crippen molar-refractivity contribution in [2.24, 2.45) is 5.92 Å². The average Bonchev–Trinajstić information content (AvgIpc) is 3.23.